The van der Waals surface area contributed by atoms with E-state index in [1.807, 2.05) is 31.2 Å². The maximum atomic E-state index is 13.3. The summed E-state index contributed by atoms with van der Waals surface area (Å²) in [5.74, 6) is 0.571. The maximum absolute atomic E-state index is 13.3. The second-order valence-corrected chi connectivity index (χ2v) is 6.87. The number of carbonyl (C=O) groups is 2. The van der Waals surface area contributed by atoms with Gasteiger partial charge in [-0.2, -0.15) is 0 Å². The summed E-state index contributed by atoms with van der Waals surface area (Å²) in [7, 11) is 0. The molecule has 4 rings (SSSR count). The molecule has 8 heteroatoms. The van der Waals surface area contributed by atoms with Gasteiger partial charge in [0.15, 0.2) is 11.6 Å². The number of amides is 2. The number of nitrogens with one attached hydrogen (secondary N) is 1. The van der Waals surface area contributed by atoms with Crippen LogP contribution >= 0.6 is 0 Å². The molecule has 2 heterocycles. The number of ether oxygens (including phenoxy) is 2. The van der Waals surface area contributed by atoms with Crippen LogP contribution in [0.15, 0.2) is 66.7 Å². The third kappa shape index (κ3) is 4.28. The number of nitrogen functional groups attached to an aromatic ring is 1. The van der Waals surface area contributed by atoms with E-state index in [4.69, 9.17) is 15.2 Å². The summed E-state index contributed by atoms with van der Waals surface area (Å²) in [6.07, 6.45) is -0.886. The van der Waals surface area contributed by atoms with Crippen LogP contribution in [0.2, 0.25) is 0 Å². The van der Waals surface area contributed by atoms with E-state index < -0.39 is 17.9 Å². The van der Waals surface area contributed by atoms with Crippen LogP contribution in [0.1, 0.15) is 18.6 Å². The molecule has 8 nitrogen and oxygen atoms in total. The second-order valence-electron chi connectivity index (χ2n) is 6.87. The van der Waals surface area contributed by atoms with Crippen molar-refractivity contribution in [1.29, 1.82) is 0 Å². The first-order chi connectivity index (χ1) is 15.1. The first-order valence-electron chi connectivity index (χ1n) is 9.88. The molecule has 0 bridgehead atoms. The molecule has 0 saturated carbocycles. The van der Waals surface area contributed by atoms with E-state index in [0.717, 1.165) is 0 Å². The van der Waals surface area contributed by atoms with Gasteiger partial charge in [0.25, 0.3) is 5.91 Å². The highest BCUT2D eigenvalue weighted by atomic mass is 16.5. The topological polar surface area (TPSA) is 107 Å². The molecular weight excluding hydrogens is 396 g/mol. The van der Waals surface area contributed by atoms with Gasteiger partial charge in [0.05, 0.1) is 12.3 Å². The van der Waals surface area contributed by atoms with E-state index in [0.29, 0.717) is 29.4 Å². The monoisotopic (exact) mass is 418 g/mol. The number of carbonyl (C=O) groups excluding carboxylic acids is 2. The number of aromatic nitrogens is 1. The highest BCUT2D eigenvalue weighted by molar-refractivity contribution is 6.06. The molecule has 158 valence electrons. The lowest BCUT2D eigenvalue weighted by Gasteiger charge is -2.33. The molecule has 2 amide bonds. The zero-order chi connectivity index (χ0) is 21.8. The van der Waals surface area contributed by atoms with Gasteiger partial charge in [0.2, 0.25) is 12.0 Å². The van der Waals surface area contributed by atoms with Crippen LogP contribution < -0.4 is 25.4 Å². The van der Waals surface area contributed by atoms with Crippen molar-refractivity contribution < 1.29 is 19.1 Å². The van der Waals surface area contributed by atoms with Gasteiger partial charge in [-0.05, 0) is 31.2 Å². The highest BCUT2D eigenvalue weighted by Gasteiger charge is 2.37. The van der Waals surface area contributed by atoms with Gasteiger partial charge in [0, 0.05) is 5.56 Å². The number of rotatable bonds is 6. The Morgan fingerprint density at radius 3 is 2.65 bits per heavy atom. The van der Waals surface area contributed by atoms with E-state index >= 15 is 0 Å². The minimum atomic E-state index is -0.886. The molecular formula is C23H22N4O4. The van der Waals surface area contributed by atoms with E-state index in [-0.39, 0.29) is 18.2 Å². The Kier molecular flexibility index (Phi) is 5.70. The average Bonchev–Trinajstić information content (AvgIpc) is 2.78. The number of para-hydroxylation sites is 2. The minimum Gasteiger partial charge on any atom is -0.492 e. The predicted molar refractivity (Wildman–Crippen MR) is 117 cm³/mol. The second kappa shape index (κ2) is 8.74. The first kappa shape index (κ1) is 20.2. The number of nitrogens with two attached hydrogens (primary N) is 1. The molecule has 1 unspecified atom stereocenters. The van der Waals surface area contributed by atoms with Crippen molar-refractivity contribution in [3.8, 4) is 11.5 Å². The summed E-state index contributed by atoms with van der Waals surface area (Å²) >= 11 is 0. The summed E-state index contributed by atoms with van der Waals surface area (Å²) in [6, 6.07) is 19.5. The van der Waals surface area contributed by atoms with Crippen LogP contribution in [0.4, 0.5) is 17.3 Å². The van der Waals surface area contributed by atoms with Gasteiger partial charge in [-0.1, -0.05) is 42.5 Å². The Hall–Kier alpha value is -4.07. The fourth-order valence-electron chi connectivity index (χ4n) is 3.33. The summed E-state index contributed by atoms with van der Waals surface area (Å²) in [6.45, 7) is 2.07. The molecule has 0 aliphatic carbocycles. The molecule has 2 aromatic carbocycles. The van der Waals surface area contributed by atoms with E-state index in [2.05, 4.69) is 10.3 Å². The van der Waals surface area contributed by atoms with E-state index in [1.54, 1.807) is 42.5 Å². The van der Waals surface area contributed by atoms with Crippen LogP contribution in [0.3, 0.4) is 0 Å². The predicted octanol–water partition coefficient (Wildman–Crippen LogP) is 3.17. The molecule has 31 heavy (non-hydrogen) atoms. The van der Waals surface area contributed by atoms with Crippen LogP contribution in [-0.2, 0) is 9.59 Å². The number of benzene rings is 2. The molecule has 0 fully saturated rings. The number of nitrogens with zero attached hydrogens (tertiary/aromatic N) is 2. The Labute approximate surface area is 179 Å². The lowest BCUT2D eigenvalue weighted by atomic mass is 10.1. The molecule has 0 spiro atoms. The van der Waals surface area contributed by atoms with E-state index in [9.17, 15) is 9.59 Å². The normalized spacial score (nSPS) is 15.1. The number of anilines is 3. The van der Waals surface area contributed by atoms with Crippen molar-refractivity contribution in [3.05, 3.63) is 72.3 Å². The lowest BCUT2D eigenvalue weighted by molar-refractivity contribution is -0.128. The third-order valence-electron chi connectivity index (χ3n) is 4.72. The summed E-state index contributed by atoms with van der Waals surface area (Å²) < 4.78 is 11.5. The van der Waals surface area contributed by atoms with E-state index in [1.165, 1.54) is 4.90 Å². The van der Waals surface area contributed by atoms with Crippen molar-refractivity contribution in [2.24, 2.45) is 0 Å². The van der Waals surface area contributed by atoms with Gasteiger partial charge in [-0.3, -0.25) is 14.5 Å². The van der Waals surface area contributed by atoms with Crippen molar-refractivity contribution in [2.75, 3.05) is 29.1 Å². The summed E-state index contributed by atoms with van der Waals surface area (Å²) in [5, 5.41) is 2.81. The number of hydrogen-bond acceptors (Lipinski definition) is 6. The Bertz CT molecular complexity index is 1100. The van der Waals surface area contributed by atoms with Crippen molar-refractivity contribution >= 4 is 29.1 Å². The number of hydrogen-bond donors (Lipinski definition) is 2. The van der Waals surface area contributed by atoms with Crippen LogP contribution in [-0.4, -0.2) is 29.9 Å². The Balaban J connectivity index is 1.62. The molecule has 1 atom stereocenters. The number of pyridine rings is 1. The maximum Gasteiger partial charge on any atom is 0.274 e. The SMILES string of the molecule is CCOc1ccccc1NC(=O)CN1C(=O)C(c2ccccc2)Oc2ccc(N)nc21. The van der Waals surface area contributed by atoms with Crippen molar-refractivity contribution in [2.45, 2.75) is 13.0 Å². The van der Waals surface area contributed by atoms with Crippen molar-refractivity contribution in [1.82, 2.24) is 4.98 Å². The van der Waals surface area contributed by atoms with Crippen LogP contribution in [0.25, 0.3) is 0 Å². The largest absolute Gasteiger partial charge is 0.492 e. The molecule has 3 N–H and O–H groups in total. The van der Waals surface area contributed by atoms with Gasteiger partial charge >= 0.3 is 0 Å². The van der Waals surface area contributed by atoms with Gasteiger partial charge < -0.3 is 20.5 Å². The van der Waals surface area contributed by atoms with Gasteiger partial charge in [-0.25, -0.2) is 4.98 Å². The standard InChI is InChI=1S/C23H22N4O4/c1-2-30-17-11-7-6-10-16(17)25-20(28)14-27-22-18(12-13-19(24)26-22)31-21(23(27)29)15-8-4-3-5-9-15/h3-13,21H,2,14H2,1H3,(H2,24,26)(H,25,28). The molecule has 1 aliphatic heterocycles. The number of fused-ring (bicyclic) bond motifs is 1. The fraction of sp³-hybridized carbons (Fsp3) is 0.174. The van der Waals surface area contributed by atoms with Crippen LogP contribution in [0.5, 0.6) is 11.5 Å². The third-order valence-corrected chi connectivity index (χ3v) is 4.72. The quantitative estimate of drug-likeness (QED) is 0.637. The zero-order valence-corrected chi connectivity index (χ0v) is 16.9. The molecule has 3 aromatic rings. The fourth-order valence-corrected chi connectivity index (χ4v) is 3.33. The molecule has 1 aliphatic rings. The molecule has 1 aromatic heterocycles. The summed E-state index contributed by atoms with van der Waals surface area (Å²) in [5.41, 5.74) is 7.03. The minimum absolute atomic E-state index is 0.213. The smallest absolute Gasteiger partial charge is 0.274 e. The average molecular weight is 418 g/mol. The van der Waals surface area contributed by atoms with Crippen LogP contribution in [0, 0.1) is 0 Å². The lowest BCUT2D eigenvalue weighted by Crippen LogP contribution is -2.45. The van der Waals surface area contributed by atoms with Gasteiger partial charge in [0.1, 0.15) is 18.1 Å². The zero-order valence-electron chi connectivity index (χ0n) is 16.9. The summed E-state index contributed by atoms with van der Waals surface area (Å²) in [4.78, 5) is 31.7. The molecule has 0 saturated heterocycles. The van der Waals surface area contributed by atoms with Gasteiger partial charge in [-0.15, -0.1) is 0 Å². The van der Waals surface area contributed by atoms with Crippen molar-refractivity contribution in [3.63, 3.8) is 0 Å². The molecule has 0 radical (unpaired) electrons. The highest BCUT2D eigenvalue weighted by Crippen LogP contribution is 2.38. The first-order valence-corrected chi connectivity index (χ1v) is 9.88. The Morgan fingerprint density at radius 1 is 1.13 bits per heavy atom. The Morgan fingerprint density at radius 2 is 1.87 bits per heavy atom.